The van der Waals surface area contributed by atoms with E-state index in [0.29, 0.717) is 0 Å². The molecule has 0 amide bonds. The molecular formula is C20H19N. The average molecular weight is 273 g/mol. The normalized spacial score (nSPS) is 12.1. The fourth-order valence-electron chi connectivity index (χ4n) is 2.49. The molecule has 0 aliphatic carbocycles. The second-order valence-electron chi connectivity index (χ2n) is 5.36. The van der Waals surface area contributed by atoms with Crippen molar-refractivity contribution >= 4 is 0 Å². The highest BCUT2D eigenvalue weighted by Gasteiger charge is 2.03. The Bertz CT molecular complexity index is 712. The summed E-state index contributed by atoms with van der Waals surface area (Å²) in [7, 11) is 0. The third-order valence-electron chi connectivity index (χ3n) is 3.74. The Morgan fingerprint density at radius 3 is 1.76 bits per heavy atom. The summed E-state index contributed by atoms with van der Waals surface area (Å²) < 4.78 is 0. The second-order valence-corrected chi connectivity index (χ2v) is 5.36. The fraction of sp³-hybridized carbons (Fsp3) is 0.100. The van der Waals surface area contributed by atoms with E-state index in [9.17, 15) is 0 Å². The molecule has 0 saturated carbocycles. The topological polar surface area (TPSA) is 26.0 Å². The van der Waals surface area contributed by atoms with Gasteiger partial charge in [-0.3, -0.25) is 0 Å². The van der Waals surface area contributed by atoms with Gasteiger partial charge in [-0.15, -0.1) is 0 Å². The average Bonchev–Trinajstić information content (AvgIpc) is 2.56. The predicted octanol–water partition coefficient (Wildman–Crippen LogP) is 5.04. The largest absolute Gasteiger partial charge is 0.324 e. The van der Waals surface area contributed by atoms with Gasteiger partial charge in [-0.05, 0) is 40.8 Å². The van der Waals surface area contributed by atoms with Crippen LogP contribution < -0.4 is 5.73 Å². The van der Waals surface area contributed by atoms with Gasteiger partial charge >= 0.3 is 0 Å². The third kappa shape index (κ3) is 3.04. The molecule has 3 aromatic carbocycles. The highest BCUT2D eigenvalue weighted by atomic mass is 14.6. The summed E-state index contributed by atoms with van der Waals surface area (Å²) in [5, 5.41) is 0. The minimum absolute atomic E-state index is 0.0635. The number of hydrogen-bond donors (Lipinski definition) is 1. The van der Waals surface area contributed by atoms with Gasteiger partial charge in [-0.2, -0.15) is 0 Å². The van der Waals surface area contributed by atoms with E-state index in [2.05, 4.69) is 72.8 Å². The molecule has 1 atom stereocenters. The van der Waals surface area contributed by atoms with Crippen molar-refractivity contribution in [3.63, 3.8) is 0 Å². The van der Waals surface area contributed by atoms with Crippen LogP contribution in [-0.2, 0) is 0 Å². The van der Waals surface area contributed by atoms with Gasteiger partial charge in [0.2, 0.25) is 0 Å². The maximum atomic E-state index is 5.96. The molecule has 0 aliphatic heterocycles. The molecule has 0 aromatic heterocycles. The van der Waals surface area contributed by atoms with Crippen LogP contribution in [0.1, 0.15) is 18.5 Å². The van der Waals surface area contributed by atoms with E-state index in [-0.39, 0.29) is 6.04 Å². The highest BCUT2D eigenvalue weighted by molar-refractivity contribution is 5.70. The van der Waals surface area contributed by atoms with Crippen LogP contribution in [-0.4, -0.2) is 0 Å². The zero-order valence-corrected chi connectivity index (χ0v) is 12.2. The molecule has 1 unspecified atom stereocenters. The van der Waals surface area contributed by atoms with Gasteiger partial charge in [0.15, 0.2) is 0 Å². The molecule has 3 aromatic rings. The highest BCUT2D eigenvalue weighted by Crippen LogP contribution is 2.26. The SMILES string of the molecule is CC(N)c1cccc(-c2ccc(-c3ccccc3)cc2)c1. The number of benzene rings is 3. The summed E-state index contributed by atoms with van der Waals surface area (Å²) in [6, 6.07) is 27.6. The van der Waals surface area contributed by atoms with Crippen molar-refractivity contribution in [1.82, 2.24) is 0 Å². The maximum Gasteiger partial charge on any atom is 0.0266 e. The molecule has 0 bridgehead atoms. The van der Waals surface area contributed by atoms with Crippen molar-refractivity contribution in [3.8, 4) is 22.3 Å². The van der Waals surface area contributed by atoms with Crippen molar-refractivity contribution in [3.05, 3.63) is 84.4 Å². The van der Waals surface area contributed by atoms with Gasteiger partial charge in [0.25, 0.3) is 0 Å². The molecule has 104 valence electrons. The lowest BCUT2D eigenvalue weighted by molar-refractivity contribution is 0.819. The summed E-state index contributed by atoms with van der Waals surface area (Å²) in [5.41, 5.74) is 12.0. The number of nitrogens with two attached hydrogens (primary N) is 1. The van der Waals surface area contributed by atoms with Gasteiger partial charge in [0.1, 0.15) is 0 Å². The van der Waals surface area contributed by atoms with E-state index in [0.717, 1.165) is 0 Å². The molecular weight excluding hydrogens is 254 g/mol. The van der Waals surface area contributed by atoms with Crippen LogP contribution in [0.5, 0.6) is 0 Å². The van der Waals surface area contributed by atoms with E-state index in [1.54, 1.807) is 0 Å². The van der Waals surface area contributed by atoms with Crippen LogP contribution in [0.3, 0.4) is 0 Å². The summed E-state index contributed by atoms with van der Waals surface area (Å²) in [5.74, 6) is 0. The van der Waals surface area contributed by atoms with Crippen molar-refractivity contribution in [2.24, 2.45) is 5.73 Å². The smallest absolute Gasteiger partial charge is 0.0266 e. The van der Waals surface area contributed by atoms with E-state index < -0.39 is 0 Å². The molecule has 1 heteroatoms. The Balaban J connectivity index is 1.93. The van der Waals surface area contributed by atoms with Gasteiger partial charge in [0.05, 0.1) is 0 Å². The molecule has 0 fully saturated rings. The zero-order valence-electron chi connectivity index (χ0n) is 12.2. The van der Waals surface area contributed by atoms with Gasteiger partial charge in [-0.1, -0.05) is 72.8 Å². The van der Waals surface area contributed by atoms with Crippen molar-refractivity contribution in [2.45, 2.75) is 13.0 Å². The molecule has 0 saturated heterocycles. The standard InChI is InChI=1S/C20H19N/c1-15(21)19-8-5-9-20(14-19)18-12-10-17(11-13-18)16-6-3-2-4-7-16/h2-15H,21H2,1H3. The Hall–Kier alpha value is -2.38. The minimum Gasteiger partial charge on any atom is -0.324 e. The minimum atomic E-state index is 0.0635. The van der Waals surface area contributed by atoms with Crippen LogP contribution in [0.25, 0.3) is 22.3 Å². The van der Waals surface area contributed by atoms with E-state index in [1.807, 2.05) is 13.0 Å². The van der Waals surface area contributed by atoms with Gasteiger partial charge < -0.3 is 5.73 Å². The van der Waals surface area contributed by atoms with E-state index in [4.69, 9.17) is 5.73 Å². The summed E-state index contributed by atoms with van der Waals surface area (Å²) in [6.45, 7) is 2.01. The first kappa shape index (κ1) is 13.6. The molecule has 0 aliphatic rings. The maximum absolute atomic E-state index is 5.96. The Kier molecular flexibility index (Phi) is 3.85. The molecule has 0 heterocycles. The van der Waals surface area contributed by atoms with Crippen LogP contribution in [0.15, 0.2) is 78.9 Å². The molecule has 0 radical (unpaired) electrons. The first-order chi connectivity index (χ1) is 10.2. The molecule has 0 spiro atoms. The lowest BCUT2D eigenvalue weighted by atomic mass is 9.98. The monoisotopic (exact) mass is 273 g/mol. The summed E-state index contributed by atoms with van der Waals surface area (Å²) in [4.78, 5) is 0. The quantitative estimate of drug-likeness (QED) is 0.710. The molecule has 2 N–H and O–H groups in total. The summed E-state index contributed by atoms with van der Waals surface area (Å²) in [6.07, 6.45) is 0. The zero-order chi connectivity index (χ0) is 14.7. The van der Waals surface area contributed by atoms with Crippen LogP contribution >= 0.6 is 0 Å². The first-order valence-electron chi connectivity index (χ1n) is 7.25. The number of hydrogen-bond acceptors (Lipinski definition) is 1. The Morgan fingerprint density at radius 1 is 0.619 bits per heavy atom. The predicted molar refractivity (Wildman–Crippen MR) is 89.9 cm³/mol. The van der Waals surface area contributed by atoms with Gasteiger partial charge in [-0.25, -0.2) is 0 Å². The van der Waals surface area contributed by atoms with E-state index >= 15 is 0 Å². The molecule has 1 nitrogen and oxygen atoms in total. The first-order valence-corrected chi connectivity index (χ1v) is 7.25. The van der Waals surface area contributed by atoms with Crippen LogP contribution in [0.2, 0.25) is 0 Å². The molecule has 3 rings (SSSR count). The van der Waals surface area contributed by atoms with Gasteiger partial charge in [0, 0.05) is 6.04 Å². The van der Waals surface area contributed by atoms with Crippen molar-refractivity contribution < 1.29 is 0 Å². The lowest BCUT2D eigenvalue weighted by Crippen LogP contribution is -2.04. The van der Waals surface area contributed by atoms with Crippen molar-refractivity contribution in [1.29, 1.82) is 0 Å². The molecule has 21 heavy (non-hydrogen) atoms. The van der Waals surface area contributed by atoms with E-state index in [1.165, 1.54) is 27.8 Å². The second kappa shape index (κ2) is 5.94. The fourth-order valence-corrected chi connectivity index (χ4v) is 2.49. The Morgan fingerprint density at radius 2 is 1.14 bits per heavy atom. The lowest BCUT2D eigenvalue weighted by Gasteiger charge is -2.09. The van der Waals surface area contributed by atoms with Crippen molar-refractivity contribution in [2.75, 3.05) is 0 Å². The summed E-state index contributed by atoms with van der Waals surface area (Å²) >= 11 is 0. The Labute approximate surface area is 126 Å². The number of rotatable bonds is 3. The third-order valence-corrected chi connectivity index (χ3v) is 3.74. The van der Waals surface area contributed by atoms with Crippen LogP contribution in [0, 0.1) is 0 Å². The van der Waals surface area contributed by atoms with Crippen LogP contribution in [0.4, 0.5) is 0 Å².